The van der Waals surface area contributed by atoms with Gasteiger partial charge in [0.05, 0.1) is 0 Å². The van der Waals surface area contributed by atoms with Gasteiger partial charge in [-0.25, -0.2) is 0 Å². The predicted octanol–water partition coefficient (Wildman–Crippen LogP) is 4.03. The summed E-state index contributed by atoms with van der Waals surface area (Å²) in [7, 11) is 0. The molecular formula is C14H18O. The first-order valence-electron chi connectivity index (χ1n) is 5.42. The summed E-state index contributed by atoms with van der Waals surface area (Å²) in [4.78, 5) is 0. The van der Waals surface area contributed by atoms with Crippen molar-refractivity contribution in [1.82, 2.24) is 0 Å². The van der Waals surface area contributed by atoms with E-state index in [0.29, 0.717) is 5.76 Å². The lowest BCUT2D eigenvalue weighted by Crippen LogP contribution is -1.83. The molecule has 1 N–H and O–H groups in total. The summed E-state index contributed by atoms with van der Waals surface area (Å²) in [6, 6.07) is 10.3. The van der Waals surface area contributed by atoms with Gasteiger partial charge in [0.25, 0.3) is 0 Å². The third-order valence-corrected chi connectivity index (χ3v) is 2.15. The van der Waals surface area contributed by atoms with Crippen LogP contribution in [0.15, 0.2) is 54.3 Å². The molecule has 0 saturated carbocycles. The maximum atomic E-state index is 9.43. The molecule has 1 aromatic rings. The molecule has 0 spiro atoms. The molecule has 1 rings (SSSR count). The zero-order valence-corrected chi connectivity index (χ0v) is 9.19. The van der Waals surface area contributed by atoms with Crippen molar-refractivity contribution < 1.29 is 5.11 Å². The summed E-state index contributed by atoms with van der Waals surface area (Å²) in [5, 5.41) is 9.43. The number of hydrogen-bond acceptors (Lipinski definition) is 1. The van der Waals surface area contributed by atoms with Crippen molar-refractivity contribution in [3.8, 4) is 0 Å². The van der Waals surface area contributed by atoms with Crippen LogP contribution < -0.4 is 0 Å². The molecule has 0 fully saturated rings. The Labute approximate surface area is 91.8 Å². The van der Waals surface area contributed by atoms with Crippen LogP contribution in [-0.2, 0) is 6.42 Å². The highest BCUT2D eigenvalue weighted by atomic mass is 16.3. The number of rotatable bonds is 5. The van der Waals surface area contributed by atoms with E-state index < -0.39 is 0 Å². The van der Waals surface area contributed by atoms with Gasteiger partial charge in [0, 0.05) is 0 Å². The average molecular weight is 202 g/mol. The molecular weight excluding hydrogens is 184 g/mol. The number of aliphatic hydroxyl groups excluding tert-OH is 1. The first kappa shape index (κ1) is 11.6. The van der Waals surface area contributed by atoms with Crippen LogP contribution in [0.2, 0.25) is 0 Å². The van der Waals surface area contributed by atoms with E-state index in [1.54, 1.807) is 6.08 Å². The number of aliphatic hydroxyl groups is 1. The summed E-state index contributed by atoms with van der Waals surface area (Å²) < 4.78 is 0. The predicted molar refractivity (Wildman–Crippen MR) is 64.9 cm³/mol. The number of aryl methyl sites for hydroxylation is 1. The van der Waals surface area contributed by atoms with Gasteiger partial charge >= 0.3 is 0 Å². The topological polar surface area (TPSA) is 20.2 Å². The molecule has 15 heavy (non-hydrogen) atoms. The van der Waals surface area contributed by atoms with Crippen LogP contribution in [0, 0.1) is 0 Å². The van der Waals surface area contributed by atoms with Crippen molar-refractivity contribution in [1.29, 1.82) is 0 Å². The van der Waals surface area contributed by atoms with Gasteiger partial charge in [-0.05, 0) is 37.0 Å². The van der Waals surface area contributed by atoms with E-state index in [9.17, 15) is 5.11 Å². The molecule has 1 heteroatoms. The van der Waals surface area contributed by atoms with Crippen LogP contribution in [0.4, 0.5) is 0 Å². The first-order chi connectivity index (χ1) is 7.33. The van der Waals surface area contributed by atoms with E-state index in [4.69, 9.17) is 0 Å². The molecule has 0 amide bonds. The molecule has 0 aromatic heterocycles. The lowest BCUT2D eigenvalue weighted by atomic mass is 10.1. The molecule has 0 saturated heterocycles. The fourth-order valence-electron chi connectivity index (χ4n) is 1.34. The third kappa shape index (κ3) is 5.06. The zero-order chi connectivity index (χ0) is 10.9. The van der Waals surface area contributed by atoms with Crippen molar-refractivity contribution in [3.63, 3.8) is 0 Å². The lowest BCUT2D eigenvalue weighted by molar-refractivity contribution is 0.429. The van der Waals surface area contributed by atoms with E-state index in [2.05, 4.69) is 12.1 Å². The van der Waals surface area contributed by atoms with Gasteiger partial charge in [0.1, 0.15) is 5.76 Å². The van der Waals surface area contributed by atoms with Crippen molar-refractivity contribution in [3.05, 3.63) is 59.9 Å². The summed E-state index contributed by atoms with van der Waals surface area (Å²) in [6.07, 6.45) is 8.38. The maximum absolute atomic E-state index is 9.43. The van der Waals surface area contributed by atoms with Gasteiger partial charge < -0.3 is 5.11 Å². The fourth-order valence-corrected chi connectivity index (χ4v) is 1.34. The molecule has 0 heterocycles. The summed E-state index contributed by atoms with van der Waals surface area (Å²) in [6.45, 7) is 2.05. The Kier molecular flexibility index (Phi) is 5.31. The molecule has 0 radical (unpaired) electrons. The largest absolute Gasteiger partial charge is 0.508 e. The van der Waals surface area contributed by atoms with E-state index >= 15 is 0 Å². The van der Waals surface area contributed by atoms with Gasteiger partial charge in [-0.15, -0.1) is 0 Å². The highest BCUT2D eigenvalue weighted by Gasteiger charge is 1.90. The van der Waals surface area contributed by atoms with Gasteiger partial charge in [0.2, 0.25) is 0 Å². The highest BCUT2D eigenvalue weighted by Crippen LogP contribution is 2.04. The van der Waals surface area contributed by atoms with Crippen LogP contribution in [0.1, 0.15) is 25.3 Å². The Morgan fingerprint density at radius 2 is 2.00 bits per heavy atom. The standard InChI is InChI=1S/C14H18O/c1-2-3-11-14(15)12-7-10-13-8-5-4-6-9-13/h3-6,8-9,11-12,15H,2,7,10H2,1H3/b11-3-,14-12+. The molecule has 0 aliphatic rings. The minimum Gasteiger partial charge on any atom is -0.508 e. The normalized spacial score (nSPS) is 12.2. The summed E-state index contributed by atoms with van der Waals surface area (Å²) in [5.41, 5.74) is 1.31. The van der Waals surface area contributed by atoms with Crippen molar-refractivity contribution in [2.24, 2.45) is 0 Å². The fraction of sp³-hybridized carbons (Fsp3) is 0.286. The number of benzene rings is 1. The maximum Gasteiger partial charge on any atom is 0.111 e. The number of hydrogen-bond donors (Lipinski definition) is 1. The first-order valence-corrected chi connectivity index (χ1v) is 5.42. The Morgan fingerprint density at radius 1 is 1.27 bits per heavy atom. The lowest BCUT2D eigenvalue weighted by Gasteiger charge is -1.97. The molecule has 0 unspecified atom stereocenters. The Balaban J connectivity index is 2.35. The highest BCUT2D eigenvalue weighted by molar-refractivity contribution is 5.16. The van der Waals surface area contributed by atoms with Crippen molar-refractivity contribution in [2.75, 3.05) is 0 Å². The molecule has 0 atom stereocenters. The van der Waals surface area contributed by atoms with Crippen LogP contribution in [0.25, 0.3) is 0 Å². The van der Waals surface area contributed by atoms with Crippen LogP contribution >= 0.6 is 0 Å². The minimum atomic E-state index is 0.368. The van der Waals surface area contributed by atoms with Crippen LogP contribution in [0.3, 0.4) is 0 Å². The Bertz CT molecular complexity index is 322. The van der Waals surface area contributed by atoms with Gasteiger partial charge in [-0.2, -0.15) is 0 Å². The van der Waals surface area contributed by atoms with Crippen LogP contribution in [0.5, 0.6) is 0 Å². The molecule has 0 aliphatic carbocycles. The van der Waals surface area contributed by atoms with Crippen LogP contribution in [-0.4, -0.2) is 5.11 Å². The average Bonchev–Trinajstić information content (AvgIpc) is 2.28. The molecule has 0 aliphatic heterocycles. The minimum absolute atomic E-state index is 0.368. The quantitative estimate of drug-likeness (QED) is 0.564. The van der Waals surface area contributed by atoms with E-state index in [0.717, 1.165) is 19.3 Å². The van der Waals surface area contributed by atoms with E-state index in [1.807, 2.05) is 37.3 Å². The Morgan fingerprint density at radius 3 is 2.67 bits per heavy atom. The number of allylic oxidation sites excluding steroid dienone is 3. The van der Waals surface area contributed by atoms with Gasteiger partial charge in [0.15, 0.2) is 0 Å². The molecule has 0 bridgehead atoms. The molecule has 1 nitrogen and oxygen atoms in total. The third-order valence-electron chi connectivity index (χ3n) is 2.15. The smallest absolute Gasteiger partial charge is 0.111 e. The van der Waals surface area contributed by atoms with Crippen molar-refractivity contribution >= 4 is 0 Å². The van der Waals surface area contributed by atoms with Gasteiger partial charge in [-0.3, -0.25) is 0 Å². The second kappa shape index (κ2) is 6.88. The zero-order valence-electron chi connectivity index (χ0n) is 9.19. The molecule has 1 aromatic carbocycles. The van der Waals surface area contributed by atoms with Gasteiger partial charge in [-0.1, -0.05) is 43.3 Å². The van der Waals surface area contributed by atoms with Crippen molar-refractivity contribution in [2.45, 2.75) is 26.2 Å². The van der Waals surface area contributed by atoms with E-state index in [-0.39, 0.29) is 0 Å². The summed E-state index contributed by atoms with van der Waals surface area (Å²) in [5.74, 6) is 0.368. The second-order valence-corrected chi connectivity index (χ2v) is 3.46. The Hall–Kier alpha value is -1.50. The molecule has 80 valence electrons. The summed E-state index contributed by atoms with van der Waals surface area (Å²) >= 11 is 0. The SMILES string of the molecule is CC/C=C\C(O)=C/CCc1ccccc1. The van der Waals surface area contributed by atoms with E-state index in [1.165, 1.54) is 5.56 Å². The second-order valence-electron chi connectivity index (χ2n) is 3.46. The monoisotopic (exact) mass is 202 g/mol.